The minimum Gasteiger partial charge on any atom is -0.489 e. The number of allylic oxidation sites excluding steroid dienone is 1. The first-order valence-electron chi connectivity index (χ1n) is 9.04. The van der Waals surface area contributed by atoms with Crippen LogP contribution in [0.4, 0.5) is 0 Å². The first-order valence-corrected chi connectivity index (χ1v) is 9.04. The fourth-order valence-corrected chi connectivity index (χ4v) is 3.01. The van der Waals surface area contributed by atoms with E-state index >= 15 is 0 Å². The molecule has 2 aromatic rings. The lowest BCUT2D eigenvalue weighted by atomic mass is 9.97. The van der Waals surface area contributed by atoms with Crippen LogP contribution >= 0.6 is 0 Å². The molecule has 25 heavy (non-hydrogen) atoms. The van der Waals surface area contributed by atoms with Crippen LogP contribution in [0.1, 0.15) is 48.0 Å². The Morgan fingerprint density at radius 1 is 1.00 bits per heavy atom. The lowest BCUT2D eigenvalue weighted by molar-refractivity contribution is 0.0954. The Bertz CT molecular complexity index is 705. The Hall–Kier alpha value is -2.55. The second-order valence-electron chi connectivity index (χ2n) is 6.41. The number of benzene rings is 2. The second kappa shape index (κ2) is 9.07. The zero-order chi connectivity index (χ0) is 17.3. The summed E-state index contributed by atoms with van der Waals surface area (Å²) in [5.74, 6) is 0.749. The van der Waals surface area contributed by atoms with Crippen molar-refractivity contribution in [1.29, 1.82) is 0 Å². The molecule has 3 heteroatoms. The molecular weight excluding hydrogens is 310 g/mol. The van der Waals surface area contributed by atoms with Gasteiger partial charge in [0.25, 0.3) is 5.91 Å². The number of nitrogens with one attached hydrogen (secondary N) is 1. The van der Waals surface area contributed by atoms with E-state index in [1.54, 1.807) is 0 Å². The molecule has 0 fully saturated rings. The number of hydrogen-bond donors (Lipinski definition) is 1. The molecule has 0 atom stereocenters. The minimum atomic E-state index is -0.0222. The van der Waals surface area contributed by atoms with Crippen molar-refractivity contribution >= 4 is 5.91 Å². The highest BCUT2D eigenvalue weighted by atomic mass is 16.5. The summed E-state index contributed by atoms with van der Waals surface area (Å²) >= 11 is 0. The van der Waals surface area contributed by atoms with E-state index in [9.17, 15) is 4.79 Å². The van der Waals surface area contributed by atoms with Crippen molar-refractivity contribution in [3.63, 3.8) is 0 Å². The lowest BCUT2D eigenvalue weighted by Crippen LogP contribution is -2.24. The molecule has 0 unspecified atom stereocenters. The highest BCUT2D eigenvalue weighted by Crippen LogP contribution is 2.19. The summed E-state index contributed by atoms with van der Waals surface area (Å²) in [5, 5.41) is 3.00. The molecule has 3 nitrogen and oxygen atoms in total. The van der Waals surface area contributed by atoms with E-state index in [0.717, 1.165) is 17.7 Å². The largest absolute Gasteiger partial charge is 0.489 e. The van der Waals surface area contributed by atoms with Crippen LogP contribution in [0, 0.1) is 0 Å². The molecule has 1 aliphatic carbocycles. The van der Waals surface area contributed by atoms with Gasteiger partial charge in [0, 0.05) is 12.1 Å². The highest BCUT2D eigenvalue weighted by Gasteiger charge is 2.07. The molecule has 0 bridgehead atoms. The van der Waals surface area contributed by atoms with E-state index in [-0.39, 0.29) is 5.91 Å². The Balaban J connectivity index is 1.44. The molecule has 0 aliphatic heterocycles. The van der Waals surface area contributed by atoms with Gasteiger partial charge in [0.2, 0.25) is 0 Å². The summed E-state index contributed by atoms with van der Waals surface area (Å²) in [7, 11) is 0. The maximum absolute atomic E-state index is 12.2. The number of rotatable bonds is 7. The van der Waals surface area contributed by atoms with Crippen LogP contribution in [0.2, 0.25) is 0 Å². The number of carbonyl (C=O) groups excluding carboxylic acids is 1. The number of carbonyl (C=O) groups is 1. The first kappa shape index (κ1) is 17.3. The van der Waals surface area contributed by atoms with Crippen molar-refractivity contribution in [3.05, 3.63) is 77.4 Å². The molecule has 0 radical (unpaired) electrons. The topological polar surface area (TPSA) is 38.3 Å². The van der Waals surface area contributed by atoms with Gasteiger partial charge in [-0.05, 0) is 61.9 Å². The molecule has 0 saturated carbocycles. The standard InChI is InChI=1S/C22H25NO2/c24-22(23-16-15-18-7-3-1-4-8-18)20-11-13-21(14-12-20)25-17-19-9-5-2-6-10-19/h2,5-7,9-14H,1,3-4,8,15-17H2,(H,23,24). The molecule has 1 aliphatic rings. The second-order valence-corrected chi connectivity index (χ2v) is 6.41. The molecule has 130 valence electrons. The van der Waals surface area contributed by atoms with Crippen LogP contribution in [0.3, 0.4) is 0 Å². The maximum atomic E-state index is 12.2. The van der Waals surface area contributed by atoms with Gasteiger partial charge in [0.15, 0.2) is 0 Å². The van der Waals surface area contributed by atoms with Crippen molar-refractivity contribution in [2.75, 3.05) is 6.54 Å². The molecule has 0 heterocycles. The average molecular weight is 335 g/mol. The zero-order valence-corrected chi connectivity index (χ0v) is 14.5. The smallest absolute Gasteiger partial charge is 0.251 e. The lowest BCUT2D eigenvalue weighted by Gasteiger charge is -2.13. The van der Waals surface area contributed by atoms with Crippen LogP contribution in [0.25, 0.3) is 0 Å². The summed E-state index contributed by atoms with van der Waals surface area (Å²) in [6, 6.07) is 17.4. The third kappa shape index (κ3) is 5.49. The Morgan fingerprint density at radius 3 is 2.52 bits per heavy atom. The quantitative estimate of drug-likeness (QED) is 0.732. The Labute approximate surface area is 149 Å². The van der Waals surface area contributed by atoms with E-state index < -0.39 is 0 Å². The third-order valence-corrected chi connectivity index (χ3v) is 4.48. The van der Waals surface area contributed by atoms with E-state index in [2.05, 4.69) is 11.4 Å². The summed E-state index contributed by atoms with van der Waals surface area (Å²) in [5.41, 5.74) is 3.28. The van der Waals surface area contributed by atoms with Crippen LogP contribution in [-0.2, 0) is 6.61 Å². The number of hydrogen-bond acceptors (Lipinski definition) is 2. The van der Waals surface area contributed by atoms with Gasteiger partial charge < -0.3 is 10.1 Å². The van der Waals surface area contributed by atoms with Crippen molar-refractivity contribution in [2.45, 2.75) is 38.7 Å². The van der Waals surface area contributed by atoms with E-state index in [4.69, 9.17) is 4.74 Å². The molecular formula is C22H25NO2. The van der Waals surface area contributed by atoms with Crippen molar-refractivity contribution in [1.82, 2.24) is 5.32 Å². The van der Waals surface area contributed by atoms with Gasteiger partial charge in [-0.2, -0.15) is 0 Å². The van der Waals surface area contributed by atoms with Crippen molar-refractivity contribution in [2.24, 2.45) is 0 Å². The maximum Gasteiger partial charge on any atom is 0.251 e. The normalized spacial score (nSPS) is 13.8. The van der Waals surface area contributed by atoms with Crippen molar-refractivity contribution in [3.8, 4) is 5.75 Å². The molecule has 3 rings (SSSR count). The fraction of sp³-hybridized carbons (Fsp3) is 0.318. The van der Waals surface area contributed by atoms with Gasteiger partial charge in [-0.3, -0.25) is 4.79 Å². The summed E-state index contributed by atoms with van der Waals surface area (Å²) in [6.07, 6.45) is 8.24. The summed E-state index contributed by atoms with van der Waals surface area (Å²) in [4.78, 5) is 12.2. The van der Waals surface area contributed by atoms with Crippen LogP contribution in [0.15, 0.2) is 66.2 Å². The van der Waals surface area contributed by atoms with Gasteiger partial charge in [-0.15, -0.1) is 0 Å². The SMILES string of the molecule is O=C(NCCC1=CCCCC1)c1ccc(OCc2ccccc2)cc1. The van der Waals surface area contributed by atoms with E-state index in [1.165, 1.54) is 31.3 Å². The molecule has 1 amide bonds. The third-order valence-electron chi connectivity index (χ3n) is 4.48. The highest BCUT2D eigenvalue weighted by molar-refractivity contribution is 5.94. The zero-order valence-electron chi connectivity index (χ0n) is 14.5. The molecule has 0 aromatic heterocycles. The van der Waals surface area contributed by atoms with Gasteiger partial charge in [-0.1, -0.05) is 42.0 Å². The molecule has 2 aromatic carbocycles. The minimum absolute atomic E-state index is 0.0222. The van der Waals surface area contributed by atoms with Crippen LogP contribution in [0.5, 0.6) is 5.75 Å². The Kier molecular flexibility index (Phi) is 6.27. The van der Waals surface area contributed by atoms with E-state index in [1.807, 2.05) is 54.6 Å². The van der Waals surface area contributed by atoms with Gasteiger partial charge in [-0.25, -0.2) is 0 Å². The first-order chi connectivity index (χ1) is 12.3. The predicted octanol–water partition coefficient (Wildman–Crippen LogP) is 4.89. The summed E-state index contributed by atoms with van der Waals surface area (Å²) in [6.45, 7) is 1.23. The fourth-order valence-electron chi connectivity index (χ4n) is 3.01. The molecule has 0 saturated heterocycles. The van der Waals surface area contributed by atoms with Gasteiger partial charge in [0.1, 0.15) is 12.4 Å². The van der Waals surface area contributed by atoms with Crippen LogP contribution < -0.4 is 10.1 Å². The Morgan fingerprint density at radius 2 is 1.80 bits per heavy atom. The molecule has 1 N–H and O–H groups in total. The van der Waals surface area contributed by atoms with Crippen molar-refractivity contribution < 1.29 is 9.53 Å². The predicted molar refractivity (Wildman–Crippen MR) is 101 cm³/mol. The van der Waals surface area contributed by atoms with Crippen LogP contribution in [-0.4, -0.2) is 12.5 Å². The van der Waals surface area contributed by atoms with Gasteiger partial charge >= 0.3 is 0 Å². The van der Waals surface area contributed by atoms with Gasteiger partial charge in [0.05, 0.1) is 0 Å². The number of amides is 1. The van der Waals surface area contributed by atoms with E-state index in [0.29, 0.717) is 18.7 Å². The average Bonchev–Trinajstić information content (AvgIpc) is 2.68. The monoisotopic (exact) mass is 335 g/mol. The molecule has 0 spiro atoms. The number of ether oxygens (including phenoxy) is 1. The summed E-state index contributed by atoms with van der Waals surface area (Å²) < 4.78 is 5.75.